The largest absolute Gasteiger partial charge is 0.392 e. The van der Waals surface area contributed by atoms with Crippen LogP contribution in [0.3, 0.4) is 0 Å². The lowest BCUT2D eigenvalue weighted by molar-refractivity contribution is 0.279. The number of nitrogens with one attached hydrogen (secondary N) is 1. The number of rotatable bonds is 1. The molecule has 0 radical (unpaired) electrons. The number of thioether (sulfide) groups is 1. The molecule has 0 saturated heterocycles. The normalized spacial score (nSPS) is 18.5. The molecule has 0 amide bonds. The molecule has 0 aliphatic carbocycles. The Balaban J connectivity index is 2.43. The monoisotopic (exact) mass is 209 g/mol. The molecule has 2 rings (SSSR count). The maximum Gasteiger partial charge on any atom is 0.0693 e. The molecule has 1 heterocycles. The van der Waals surface area contributed by atoms with Crippen molar-refractivity contribution in [3.8, 4) is 0 Å². The van der Waals surface area contributed by atoms with Gasteiger partial charge in [-0.1, -0.05) is 12.1 Å². The van der Waals surface area contributed by atoms with Gasteiger partial charge in [-0.05, 0) is 25.5 Å². The Bertz CT molecular complexity index is 335. The van der Waals surface area contributed by atoms with Crippen molar-refractivity contribution in [3.63, 3.8) is 0 Å². The standard InChI is InChI=1S/C11H15NOS/c1-11(2)7-12-9-5-3-4-8(6-13)10(9)14-11/h3-5,12-13H,6-7H2,1-2H3. The van der Waals surface area contributed by atoms with Crippen LogP contribution in [0.4, 0.5) is 5.69 Å². The highest BCUT2D eigenvalue weighted by molar-refractivity contribution is 8.01. The van der Waals surface area contributed by atoms with Gasteiger partial charge in [0.1, 0.15) is 0 Å². The van der Waals surface area contributed by atoms with E-state index in [4.69, 9.17) is 0 Å². The molecule has 1 aromatic carbocycles. The van der Waals surface area contributed by atoms with Gasteiger partial charge in [-0.25, -0.2) is 0 Å². The molecular formula is C11H15NOS. The van der Waals surface area contributed by atoms with Gasteiger partial charge in [0.2, 0.25) is 0 Å². The molecule has 3 heteroatoms. The smallest absolute Gasteiger partial charge is 0.0693 e. The maximum absolute atomic E-state index is 9.22. The molecule has 2 N–H and O–H groups in total. The molecule has 0 bridgehead atoms. The molecule has 0 saturated carbocycles. The minimum absolute atomic E-state index is 0.119. The molecule has 2 nitrogen and oxygen atoms in total. The lowest BCUT2D eigenvalue weighted by atomic mass is 10.1. The molecule has 0 unspecified atom stereocenters. The third-order valence-electron chi connectivity index (χ3n) is 2.35. The Hall–Kier alpha value is -0.670. The van der Waals surface area contributed by atoms with Gasteiger partial charge in [-0.3, -0.25) is 0 Å². The van der Waals surface area contributed by atoms with E-state index in [9.17, 15) is 5.11 Å². The van der Waals surface area contributed by atoms with Crippen molar-refractivity contribution < 1.29 is 5.11 Å². The second kappa shape index (κ2) is 3.48. The van der Waals surface area contributed by atoms with E-state index in [1.54, 1.807) is 0 Å². The summed E-state index contributed by atoms with van der Waals surface area (Å²) in [6.45, 7) is 5.51. The summed E-state index contributed by atoms with van der Waals surface area (Å²) < 4.78 is 0.207. The summed E-state index contributed by atoms with van der Waals surface area (Å²) in [6.07, 6.45) is 0. The number of benzene rings is 1. The van der Waals surface area contributed by atoms with Crippen molar-refractivity contribution in [1.82, 2.24) is 0 Å². The van der Waals surface area contributed by atoms with Crippen LogP contribution in [-0.2, 0) is 6.61 Å². The van der Waals surface area contributed by atoms with E-state index in [0.29, 0.717) is 0 Å². The van der Waals surface area contributed by atoms with Crippen molar-refractivity contribution in [2.24, 2.45) is 0 Å². The van der Waals surface area contributed by atoms with E-state index in [2.05, 4.69) is 25.2 Å². The van der Waals surface area contributed by atoms with Crippen LogP contribution in [0.25, 0.3) is 0 Å². The first-order chi connectivity index (χ1) is 6.62. The van der Waals surface area contributed by atoms with Crippen LogP contribution in [0.2, 0.25) is 0 Å². The number of fused-ring (bicyclic) bond motifs is 1. The molecule has 0 atom stereocenters. The van der Waals surface area contributed by atoms with Crippen LogP contribution in [-0.4, -0.2) is 16.4 Å². The summed E-state index contributed by atoms with van der Waals surface area (Å²) in [5.41, 5.74) is 2.17. The molecule has 1 aliphatic heterocycles. The van der Waals surface area contributed by atoms with Gasteiger partial charge in [0.15, 0.2) is 0 Å². The van der Waals surface area contributed by atoms with Crippen molar-refractivity contribution in [3.05, 3.63) is 23.8 Å². The van der Waals surface area contributed by atoms with Crippen LogP contribution in [0.5, 0.6) is 0 Å². The summed E-state index contributed by atoms with van der Waals surface area (Å²) >= 11 is 1.84. The Morgan fingerprint density at radius 1 is 1.50 bits per heavy atom. The quantitative estimate of drug-likeness (QED) is 0.745. The topological polar surface area (TPSA) is 32.3 Å². The first-order valence-corrected chi connectivity index (χ1v) is 5.60. The third-order valence-corrected chi connectivity index (χ3v) is 3.73. The zero-order chi connectivity index (χ0) is 10.2. The Kier molecular flexibility index (Phi) is 2.45. The van der Waals surface area contributed by atoms with Gasteiger partial charge < -0.3 is 10.4 Å². The van der Waals surface area contributed by atoms with Crippen molar-refractivity contribution in [2.45, 2.75) is 30.1 Å². The summed E-state index contributed by atoms with van der Waals surface area (Å²) in [5, 5.41) is 12.6. The zero-order valence-corrected chi connectivity index (χ0v) is 9.32. The molecule has 0 spiro atoms. The fourth-order valence-corrected chi connectivity index (χ4v) is 2.80. The van der Waals surface area contributed by atoms with E-state index in [1.165, 1.54) is 4.90 Å². The van der Waals surface area contributed by atoms with Gasteiger partial charge in [-0.2, -0.15) is 0 Å². The van der Waals surface area contributed by atoms with E-state index in [0.717, 1.165) is 17.8 Å². The number of hydrogen-bond donors (Lipinski definition) is 2. The van der Waals surface area contributed by atoms with Gasteiger partial charge in [-0.15, -0.1) is 11.8 Å². The van der Waals surface area contributed by atoms with Gasteiger partial charge in [0, 0.05) is 21.9 Å². The van der Waals surface area contributed by atoms with Crippen LogP contribution < -0.4 is 5.32 Å². The predicted octanol–water partition coefficient (Wildman–Crippen LogP) is 2.48. The number of hydrogen-bond acceptors (Lipinski definition) is 3. The summed E-state index contributed by atoms with van der Waals surface area (Å²) in [6, 6.07) is 6.03. The van der Waals surface area contributed by atoms with E-state index < -0.39 is 0 Å². The third kappa shape index (κ3) is 1.74. The molecule has 14 heavy (non-hydrogen) atoms. The molecule has 0 aromatic heterocycles. The highest BCUT2D eigenvalue weighted by atomic mass is 32.2. The lowest BCUT2D eigenvalue weighted by Gasteiger charge is -2.32. The molecule has 0 fully saturated rings. The maximum atomic E-state index is 9.22. The minimum atomic E-state index is 0.119. The van der Waals surface area contributed by atoms with Crippen LogP contribution in [0, 0.1) is 0 Å². The van der Waals surface area contributed by atoms with E-state index >= 15 is 0 Å². The summed E-state index contributed by atoms with van der Waals surface area (Å²) in [7, 11) is 0. The van der Waals surface area contributed by atoms with Crippen molar-refractivity contribution >= 4 is 17.4 Å². The highest BCUT2D eigenvalue weighted by Gasteiger charge is 2.26. The Labute approximate surface area is 88.7 Å². The molecule has 76 valence electrons. The number of aliphatic hydroxyl groups is 1. The summed E-state index contributed by atoms with van der Waals surface area (Å²) in [5.74, 6) is 0. The fraction of sp³-hybridized carbons (Fsp3) is 0.455. The van der Waals surface area contributed by atoms with Gasteiger partial charge in [0.05, 0.1) is 6.61 Å². The number of aliphatic hydroxyl groups excluding tert-OH is 1. The Morgan fingerprint density at radius 3 is 3.00 bits per heavy atom. The minimum Gasteiger partial charge on any atom is -0.392 e. The average molecular weight is 209 g/mol. The molecule has 1 aliphatic rings. The predicted molar refractivity (Wildman–Crippen MR) is 60.8 cm³/mol. The van der Waals surface area contributed by atoms with E-state index in [-0.39, 0.29) is 11.4 Å². The SMILES string of the molecule is CC1(C)CNc2cccc(CO)c2S1. The lowest BCUT2D eigenvalue weighted by Crippen LogP contribution is -2.30. The zero-order valence-electron chi connectivity index (χ0n) is 8.50. The second-order valence-corrected chi connectivity index (χ2v) is 5.88. The van der Waals surface area contributed by atoms with Crippen molar-refractivity contribution in [1.29, 1.82) is 0 Å². The first-order valence-electron chi connectivity index (χ1n) is 4.78. The molecule has 1 aromatic rings. The molecular weight excluding hydrogens is 194 g/mol. The van der Waals surface area contributed by atoms with E-state index in [1.807, 2.05) is 23.9 Å². The van der Waals surface area contributed by atoms with Gasteiger partial charge in [0.25, 0.3) is 0 Å². The highest BCUT2D eigenvalue weighted by Crippen LogP contribution is 2.43. The Morgan fingerprint density at radius 2 is 2.29 bits per heavy atom. The van der Waals surface area contributed by atoms with Crippen molar-refractivity contribution in [2.75, 3.05) is 11.9 Å². The van der Waals surface area contributed by atoms with Crippen LogP contribution in [0.15, 0.2) is 23.1 Å². The van der Waals surface area contributed by atoms with Crippen LogP contribution >= 0.6 is 11.8 Å². The fourth-order valence-electron chi connectivity index (χ4n) is 1.59. The number of anilines is 1. The second-order valence-electron chi connectivity index (χ2n) is 4.17. The average Bonchev–Trinajstić information content (AvgIpc) is 2.15. The van der Waals surface area contributed by atoms with Crippen LogP contribution in [0.1, 0.15) is 19.4 Å². The van der Waals surface area contributed by atoms with Gasteiger partial charge >= 0.3 is 0 Å². The first kappa shape index (κ1) is 9.87. The summed E-state index contributed by atoms with van der Waals surface area (Å²) in [4.78, 5) is 1.20.